The molecule has 0 saturated heterocycles. The Labute approximate surface area is 97.8 Å². The number of carbonyl (C=O) groups excluding carboxylic acids is 1. The van der Waals surface area contributed by atoms with Gasteiger partial charge in [-0.3, -0.25) is 5.10 Å². The van der Waals surface area contributed by atoms with Crippen LogP contribution in [0.15, 0.2) is 30.3 Å². The molecule has 1 aromatic carbocycles. The van der Waals surface area contributed by atoms with Gasteiger partial charge in [0.05, 0.1) is 5.56 Å². The Hall–Kier alpha value is -2.30. The predicted molar refractivity (Wildman–Crippen MR) is 61.5 cm³/mol. The van der Waals surface area contributed by atoms with Crippen LogP contribution >= 0.6 is 0 Å². The number of fused-ring (bicyclic) bond motifs is 1. The maximum absolute atomic E-state index is 11.6. The Morgan fingerprint density at radius 1 is 1.41 bits per heavy atom. The van der Waals surface area contributed by atoms with E-state index in [1.54, 1.807) is 6.07 Å². The summed E-state index contributed by atoms with van der Waals surface area (Å²) in [5.41, 5.74) is 2.40. The van der Waals surface area contributed by atoms with Crippen molar-refractivity contribution in [3.8, 4) is 0 Å². The van der Waals surface area contributed by atoms with Gasteiger partial charge in [-0.2, -0.15) is 5.10 Å². The van der Waals surface area contributed by atoms with Gasteiger partial charge >= 0.3 is 5.97 Å². The minimum absolute atomic E-state index is 0.301. The Morgan fingerprint density at radius 2 is 2.24 bits per heavy atom. The molecule has 1 aromatic heterocycles. The molecule has 1 atom stereocenters. The van der Waals surface area contributed by atoms with Gasteiger partial charge in [-0.15, -0.1) is 0 Å². The molecule has 1 aliphatic rings. The zero-order chi connectivity index (χ0) is 11.8. The lowest BCUT2D eigenvalue weighted by Crippen LogP contribution is -2.10. The molecule has 0 fully saturated rings. The van der Waals surface area contributed by atoms with Crippen molar-refractivity contribution in [1.29, 1.82) is 0 Å². The Bertz CT molecular complexity index is 577. The molecule has 5 heteroatoms. The predicted octanol–water partition coefficient (Wildman–Crippen LogP) is 2.00. The number of aromatic nitrogens is 2. The number of nitrogens with zero attached hydrogens (tertiary/aromatic N) is 1. The highest BCUT2D eigenvalue weighted by atomic mass is 16.6. The number of nitrogens with one attached hydrogen (secondary N) is 2. The van der Waals surface area contributed by atoms with Gasteiger partial charge < -0.3 is 10.1 Å². The van der Waals surface area contributed by atoms with E-state index in [0.29, 0.717) is 11.4 Å². The van der Waals surface area contributed by atoms with Crippen LogP contribution in [0.3, 0.4) is 0 Å². The smallest absolute Gasteiger partial charge is 0.340 e. The molecular weight excluding hydrogens is 218 g/mol. The van der Waals surface area contributed by atoms with Crippen molar-refractivity contribution in [2.75, 3.05) is 5.32 Å². The summed E-state index contributed by atoms with van der Waals surface area (Å²) in [6.45, 7) is 1.91. The summed E-state index contributed by atoms with van der Waals surface area (Å²) >= 11 is 0. The third kappa shape index (κ3) is 1.65. The van der Waals surface area contributed by atoms with Gasteiger partial charge in [0.1, 0.15) is 0 Å². The molecule has 0 amide bonds. The lowest BCUT2D eigenvalue weighted by Gasteiger charge is -2.11. The molecule has 0 aliphatic carbocycles. The summed E-state index contributed by atoms with van der Waals surface area (Å²) in [4.78, 5) is 11.6. The maximum atomic E-state index is 11.6. The first-order valence-electron chi connectivity index (χ1n) is 5.32. The van der Waals surface area contributed by atoms with Gasteiger partial charge in [-0.1, -0.05) is 18.2 Å². The largest absolute Gasteiger partial charge is 0.434 e. The molecule has 17 heavy (non-hydrogen) atoms. The zero-order valence-electron chi connectivity index (χ0n) is 9.23. The molecule has 3 rings (SSSR count). The minimum atomic E-state index is -0.457. The van der Waals surface area contributed by atoms with E-state index in [0.717, 1.165) is 11.3 Å². The van der Waals surface area contributed by atoms with E-state index < -0.39 is 6.23 Å². The van der Waals surface area contributed by atoms with E-state index in [4.69, 9.17) is 4.74 Å². The highest BCUT2D eigenvalue weighted by Crippen LogP contribution is 2.30. The van der Waals surface area contributed by atoms with Crippen LogP contribution < -0.4 is 5.32 Å². The van der Waals surface area contributed by atoms with Crippen molar-refractivity contribution in [1.82, 2.24) is 10.2 Å². The molecular formula is C12H11N3O2. The van der Waals surface area contributed by atoms with Crippen molar-refractivity contribution < 1.29 is 9.53 Å². The van der Waals surface area contributed by atoms with Crippen LogP contribution in [0.1, 0.15) is 27.8 Å². The lowest BCUT2D eigenvalue weighted by molar-refractivity contribution is 0.0436. The second-order valence-electron chi connectivity index (χ2n) is 3.95. The summed E-state index contributed by atoms with van der Waals surface area (Å²) in [7, 11) is 0. The molecule has 2 heterocycles. The lowest BCUT2D eigenvalue weighted by atomic mass is 10.1. The quantitative estimate of drug-likeness (QED) is 0.773. The van der Waals surface area contributed by atoms with E-state index in [1.165, 1.54) is 0 Å². The average Bonchev–Trinajstić information content (AvgIpc) is 2.86. The van der Waals surface area contributed by atoms with Gasteiger partial charge in [-0.25, -0.2) is 4.79 Å². The number of cyclic esters (lactones) is 1. The molecule has 0 saturated carbocycles. The molecule has 86 valence electrons. The summed E-state index contributed by atoms with van der Waals surface area (Å²) in [6.07, 6.45) is -0.457. The third-order valence-corrected chi connectivity index (χ3v) is 2.67. The van der Waals surface area contributed by atoms with Crippen LogP contribution in [-0.4, -0.2) is 16.2 Å². The van der Waals surface area contributed by atoms with Crippen molar-refractivity contribution in [2.24, 2.45) is 0 Å². The van der Waals surface area contributed by atoms with Crippen LogP contribution in [0, 0.1) is 6.92 Å². The van der Waals surface area contributed by atoms with Crippen molar-refractivity contribution >= 4 is 11.8 Å². The molecule has 0 radical (unpaired) electrons. The average molecular weight is 229 g/mol. The van der Waals surface area contributed by atoms with Crippen LogP contribution in [-0.2, 0) is 4.74 Å². The highest BCUT2D eigenvalue weighted by molar-refractivity contribution is 5.94. The van der Waals surface area contributed by atoms with Crippen molar-refractivity contribution in [3.05, 3.63) is 47.2 Å². The second-order valence-corrected chi connectivity index (χ2v) is 3.95. The van der Waals surface area contributed by atoms with Gasteiger partial charge in [0, 0.05) is 17.3 Å². The molecule has 5 nitrogen and oxygen atoms in total. The fraction of sp³-hybridized carbons (Fsp3) is 0.167. The number of esters is 1. The minimum Gasteiger partial charge on any atom is -0.434 e. The summed E-state index contributed by atoms with van der Waals surface area (Å²) < 4.78 is 5.24. The van der Waals surface area contributed by atoms with Crippen LogP contribution in [0.4, 0.5) is 5.82 Å². The zero-order valence-corrected chi connectivity index (χ0v) is 9.23. The van der Waals surface area contributed by atoms with Gasteiger partial charge in [0.25, 0.3) is 0 Å². The Morgan fingerprint density at radius 3 is 3.00 bits per heavy atom. The van der Waals surface area contributed by atoms with E-state index in [2.05, 4.69) is 15.5 Å². The van der Waals surface area contributed by atoms with Gasteiger partial charge in [-0.05, 0) is 13.0 Å². The van der Waals surface area contributed by atoms with Crippen LogP contribution in [0.2, 0.25) is 0 Å². The number of aryl methyl sites for hydroxylation is 1. The first-order chi connectivity index (χ1) is 8.24. The summed E-state index contributed by atoms with van der Waals surface area (Å²) in [5, 5.41) is 9.94. The monoisotopic (exact) mass is 229 g/mol. The topological polar surface area (TPSA) is 67.0 Å². The molecule has 2 aromatic rings. The SMILES string of the molecule is Cc1cc(N[C@@H]2OC(=O)c3ccccc32)n[nH]1. The first kappa shape index (κ1) is 9.89. The first-order valence-corrected chi connectivity index (χ1v) is 5.32. The highest BCUT2D eigenvalue weighted by Gasteiger charge is 2.30. The van der Waals surface area contributed by atoms with Crippen LogP contribution in [0.25, 0.3) is 0 Å². The fourth-order valence-electron chi connectivity index (χ4n) is 1.88. The second kappa shape index (κ2) is 3.62. The number of ether oxygens (including phenoxy) is 1. The molecule has 0 spiro atoms. The molecule has 0 unspecified atom stereocenters. The van der Waals surface area contributed by atoms with Crippen molar-refractivity contribution in [2.45, 2.75) is 13.2 Å². The number of H-pyrrole nitrogens is 1. The maximum Gasteiger partial charge on any atom is 0.340 e. The summed E-state index contributed by atoms with van der Waals surface area (Å²) in [5.74, 6) is 0.363. The number of carbonyl (C=O) groups is 1. The normalized spacial score (nSPS) is 17.7. The molecule has 2 N–H and O–H groups in total. The van der Waals surface area contributed by atoms with Gasteiger partial charge in [0.15, 0.2) is 5.82 Å². The van der Waals surface area contributed by atoms with Crippen LogP contribution in [0.5, 0.6) is 0 Å². The van der Waals surface area contributed by atoms with Gasteiger partial charge in [0.2, 0.25) is 6.23 Å². The van der Waals surface area contributed by atoms with Crippen molar-refractivity contribution in [3.63, 3.8) is 0 Å². The number of benzene rings is 1. The molecule has 0 bridgehead atoms. The number of hydrogen-bond donors (Lipinski definition) is 2. The third-order valence-electron chi connectivity index (χ3n) is 2.67. The number of aromatic amines is 1. The fourth-order valence-corrected chi connectivity index (χ4v) is 1.88. The molecule has 1 aliphatic heterocycles. The van der Waals surface area contributed by atoms with E-state index in [1.807, 2.05) is 31.2 Å². The summed E-state index contributed by atoms with van der Waals surface area (Å²) in [6, 6.07) is 9.19. The Balaban J connectivity index is 1.89. The standard InChI is InChI=1S/C12H11N3O2/c1-7-6-10(15-14-7)13-11-8-4-2-3-5-9(8)12(16)17-11/h2-6,11H,1H3,(H2,13,14,15)/t11-/m1/s1. The van der Waals surface area contributed by atoms with E-state index in [-0.39, 0.29) is 5.97 Å². The Kier molecular flexibility index (Phi) is 2.11. The van der Waals surface area contributed by atoms with E-state index in [9.17, 15) is 4.79 Å². The van der Waals surface area contributed by atoms with E-state index >= 15 is 0 Å². The number of anilines is 1. The number of rotatable bonds is 2. The number of hydrogen-bond acceptors (Lipinski definition) is 4.